The normalized spacial score (nSPS) is 16.3. The third-order valence-electron chi connectivity index (χ3n) is 4.18. The third-order valence-corrected chi connectivity index (χ3v) is 4.18. The molecule has 1 fully saturated rings. The average Bonchev–Trinajstić information content (AvgIpc) is 3.24. The van der Waals surface area contributed by atoms with Crippen molar-refractivity contribution in [1.29, 1.82) is 0 Å². The number of methoxy groups -OCH3 is 1. The van der Waals surface area contributed by atoms with Crippen molar-refractivity contribution in [2.75, 3.05) is 13.7 Å². The Morgan fingerprint density at radius 2 is 2.23 bits per heavy atom. The summed E-state index contributed by atoms with van der Waals surface area (Å²) in [4.78, 5) is 0. The summed E-state index contributed by atoms with van der Waals surface area (Å²) in [6.07, 6.45) is 4.45. The Bertz CT molecular complexity index is 636. The summed E-state index contributed by atoms with van der Waals surface area (Å²) in [6.45, 7) is 3.68. The number of aromatic nitrogens is 2. The molecule has 22 heavy (non-hydrogen) atoms. The van der Waals surface area contributed by atoms with Gasteiger partial charge in [-0.3, -0.25) is 4.68 Å². The molecular formula is C17H24FN3O. The minimum absolute atomic E-state index is 0.195. The summed E-state index contributed by atoms with van der Waals surface area (Å²) in [7, 11) is 1.71. The molecule has 1 aromatic heterocycles. The molecular weight excluding hydrogens is 281 g/mol. The first-order valence-electron chi connectivity index (χ1n) is 8.10. The number of benzene rings is 1. The van der Waals surface area contributed by atoms with Crippen LogP contribution in [0.4, 0.5) is 4.39 Å². The van der Waals surface area contributed by atoms with Gasteiger partial charge in [0, 0.05) is 37.7 Å². The molecule has 1 aliphatic rings. The summed E-state index contributed by atoms with van der Waals surface area (Å²) in [5, 5.41) is 9.38. The van der Waals surface area contributed by atoms with Crippen LogP contribution in [0.25, 0.3) is 10.9 Å². The van der Waals surface area contributed by atoms with Crippen molar-refractivity contribution >= 4 is 10.9 Å². The number of nitrogens with one attached hydrogen (secondary N) is 1. The highest BCUT2D eigenvalue weighted by Crippen LogP contribution is 2.28. The van der Waals surface area contributed by atoms with Gasteiger partial charge in [-0.05, 0) is 50.8 Å². The van der Waals surface area contributed by atoms with Crippen LogP contribution in [0, 0.1) is 5.82 Å². The maximum atomic E-state index is 13.6. The van der Waals surface area contributed by atoms with Crippen LogP contribution in [-0.2, 0) is 11.3 Å². The van der Waals surface area contributed by atoms with E-state index >= 15 is 0 Å². The monoisotopic (exact) mass is 305 g/mol. The molecule has 120 valence electrons. The van der Waals surface area contributed by atoms with Gasteiger partial charge >= 0.3 is 0 Å². The molecule has 0 saturated heterocycles. The predicted octanol–water partition coefficient (Wildman–Crippen LogP) is 3.42. The third kappa shape index (κ3) is 3.47. The largest absolute Gasteiger partial charge is 0.385 e. The molecule has 1 aliphatic carbocycles. The van der Waals surface area contributed by atoms with Crippen molar-refractivity contribution in [1.82, 2.24) is 15.1 Å². The standard InChI is InChI=1S/C17H24FN3O/c1-12(19-14-6-7-14)17-15-8-5-13(18)11-16(15)21(20-17)9-3-4-10-22-2/h5,8,11-12,14,19H,3-4,6-7,9-10H2,1-2H3. The molecule has 0 radical (unpaired) electrons. The second kappa shape index (κ2) is 6.75. The maximum absolute atomic E-state index is 13.6. The zero-order chi connectivity index (χ0) is 15.5. The van der Waals surface area contributed by atoms with E-state index in [1.807, 2.05) is 10.7 Å². The topological polar surface area (TPSA) is 39.1 Å². The fraction of sp³-hybridized carbons (Fsp3) is 0.588. The lowest BCUT2D eigenvalue weighted by molar-refractivity contribution is 0.191. The van der Waals surface area contributed by atoms with Gasteiger partial charge in [-0.25, -0.2) is 4.39 Å². The van der Waals surface area contributed by atoms with Crippen molar-refractivity contribution in [2.45, 2.75) is 51.2 Å². The number of unbranched alkanes of at least 4 members (excludes halogenated alkanes) is 1. The van der Waals surface area contributed by atoms with Crippen molar-refractivity contribution in [2.24, 2.45) is 0 Å². The van der Waals surface area contributed by atoms with Crippen LogP contribution < -0.4 is 5.32 Å². The number of rotatable bonds is 8. The Balaban J connectivity index is 1.84. The molecule has 2 aromatic rings. The van der Waals surface area contributed by atoms with Crippen molar-refractivity contribution in [3.05, 3.63) is 29.7 Å². The molecule has 0 aliphatic heterocycles. The van der Waals surface area contributed by atoms with Gasteiger partial charge in [0.2, 0.25) is 0 Å². The minimum atomic E-state index is -0.208. The van der Waals surface area contributed by atoms with E-state index in [-0.39, 0.29) is 11.9 Å². The first-order chi connectivity index (χ1) is 10.7. The molecule has 4 nitrogen and oxygen atoms in total. The van der Waals surface area contributed by atoms with Crippen molar-refractivity contribution in [3.8, 4) is 0 Å². The van der Waals surface area contributed by atoms with Gasteiger partial charge in [0.05, 0.1) is 11.2 Å². The Hall–Kier alpha value is -1.46. The molecule has 1 N–H and O–H groups in total. The van der Waals surface area contributed by atoms with E-state index in [2.05, 4.69) is 12.2 Å². The number of nitrogens with zero attached hydrogens (tertiary/aromatic N) is 2. The van der Waals surface area contributed by atoms with E-state index < -0.39 is 0 Å². The second-order valence-electron chi connectivity index (χ2n) is 6.13. The Morgan fingerprint density at radius 1 is 1.41 bits per heavy atom. The minimum Gasteiger partial charge on any atom is -0.385 e. The quantitative estimate of drug-likeness (QED) is 0.760. The summed E-state index contributed by atoms with van der Waals surface area (Å²) in [5.74, 6) is -0.208. The summed E-state index contributed by atoms with van der Waals surface area (Å²) in [6, 6.07) is 5.78. The molecule has 1 unspecified atom stereocenters. The van der Waals surface area contributed by atoms with Gasteiger partial charge < -0.3 is 10.1 Å². The van der Waals surface area contributed by atoms with Crippen LogP contribution in [0.5, 0.6) is 0 Å². The Labute approximate surface area is 130 Å². The smallest absolute Gasteiger partial charge is 0.125 e. The van der Waals surface area contributed by atoms with Crippen LogP contribution in [0.3, 0.4) is 0 Å². The van der Waals surface area contributed by atoms with Crippen molar-refractivity contribution < 1.29 is 9.13 Å². The zero-order valence-electron chi connectivity index (χ0n) is 13.3. The Morgan fingerprint density at radius 3 is 2.95 bits per heavy atom. The average molecular weight is 305 g/mol. The van der Waals surface area contributed by atoms with E-state index in [0.717, 1.165) is 42.6 Å². The molecule has 3 rings (SSSR count). The molecule has 0 spiro atoms. The highest BCUT2D eigenvalue weighted by Gasteiger charge is 2.25. The molecule has 1 aromatic carbocycles. The summed E-state index contributed by atoms with van der Waals surface area (Å²) < 4.78 is 20.6. The lowest BCUT2D eigenvalue weighted by Crippen LogP contribution is -2.21. The van der Waals surface area contributed by atoms with Gasteiger partial charge in [0.1, 0.15) is 5.82 Å². The van der Waals surface area contributed by atoms with Gasteiger partial charge in [-0.1, -0.05) is 0 Å². The van der Waals surface area contributed by atoms with Gasteiger partial charge in [-0.2, -0.15) is 5.10 Å². The van der Waals surface area contributed by atoms with Crippen LogP contribution in [0.15, 0.2) is 18.2 Å². The number of aryl methyl sites for hydroxylation is 1. The van der Waals surface area contributed by atoms with Crippen LogP contribution in [0.1, 0.15) is 44.3 Å². The van der Waals surface area contributed by atoms with Gasteiger partial charge in [0.25, 0.3) is 0 Å². The molecule has 1 saturated carbocycles. The molecule has 0 bridgehead atoms. The van der Waals surface area contributed by atoms with Gasteiger partial charge in [-0.15, -0.1) is 0 Å². The lowest BCUT2D eigenvalue weighted by atomic mass is 10.1. The van der Waals surface area contributed by atoms with Crippen LogP contribution in [-0.4, -0.2) is 29.5 Å². The van der Waals surface area contributed by atoms with Crippen LogP contribution in [0.2, 0.25) is 0 Å². The number of halogens is 1. The maximum Gasteiger partial charge on any atom is 0.125 e. The highest BCUT2D eigenvalue weighted by molar-refractivity contribution is 5.82. The van der Waals surface area contributed by atoms with Crippen LogP contribution >= 0.6 is 0 Å². The van der Waals surface area contributed by atoms with E-state index in [1.165, 1.54) is 18.9 Å². The zero-order valence-corrected chi connectivity index (χ0v) is 13.3. The Kier molecular flexibility index (Phi) is 4.74. The highest BCUT2D eigenvalue weighted by atomic mass is 19.1. The summed E-state index contributed by atoms with van der Waals surface area (Å²) in [5.41, 5.74) is 1.91. The second-order valence-corrected chi connectivity index (χ2v) is 6.13. The van der Waals surface area contributed by atoms with Gasteiger partial charge in [0.15, 0.2) is 0 Å². The van der Waals surface area contributed by atoms with E-state index in [4.69, 9.17) is 9.84 Å². The molecule has 0 amide bonds. The number of fused-ring (bicyclic) bond motifs is 1. The van der Waals surface area contributed by atoms with E-state index in [0.29, 0.717) is 6.04 Å². The number of hydrogen-bond acceptors (Lipinski definition) is 3. The lowest BCUT2D eigenvalue weighted by Gasteiger charge is -2.10. The first kappa shape index (κ1) is 15.4. The van der Waals surface area contributed by atoms with Crippen molar-refractivity contribution in [3.63, 3.8) is 0 Å². The fourth-order valence-electron chi connectivity index (χ4n) is 2.85. The van der Waals surface area contributed by atoms with E-state index in [1.54, 1.807) is 13.2 Å². The molecule has 1 atom stereocenters. The molecule has 5 heteroatoms. The SMILES string of the molecule is COCCCCn1nc(C(C)NC2CC2)c2ccc(F)cc21. The summed E-state index contributed by atoms with van der Waals surface area (Å²) >= 11 is 0. The molecule has 1 heterocycles. The number of hydrogen-bond donors (Lipinski definition) is 1. The predicted molar refractivity (Wildman–Crippen MR) is 85.4 cm³/mol. The fourth-order valence-corrected chi connectivity index (χ4v) is 2.85. The number of ether oxygens (including phenoxy) is 1. The van der Waals surface area contributed by atoms with E-state index in [9.17, 15) is 4.39 Å². The first-order valence-corrected chi connectivity index (χ1v) is 8.10.